The molecule has 0 aliphatic carbocycles. The summed E-state index contributed by atoms with van der Waals surface area (Å²) >= 11 is 0. The second-order valence-corrected chi connectivity index (χ2v) is 3.06. The van der Waals surface area contributed by atoms with Crippen LogP contribution in [0.4, 0.5) is 5.95 Å². The van der Waals surface area contributed by atoms with Crippen molar-refractivity contribution >= 4 is 5.95 Å². The Morgan fingerprint density at radius 3 is 2.93 bits per heavy atom. The van der Waals surface area contributed by atoms with Crippen LogP contribution in [0.2, 0.25) is 0 Å². The van der Waals surface area contributed by atoms with Crippen LogP contribution in [-0.2, 0) is 0 Å². The summed E-state index contributed by atoms with van der Waals surface area (Å²) in [7, 11) is 1.81. The Bertz CT molecular complexity index is 420. The molecule has 0 aromatic carbocycles. The standard InChI is InChI=1S/C10H12N4/c1-7-6-13-10(11-2)14-9(7)8-4-3-5-12-8/h3-6,12H,1-2H3,(H,11,13,14). The van der Waals surface area contributed by atoms with Gasteiger partial charge in [0.25, 0.3) is 0 Å². The summed E-state index contributed by atoms with van der Waals surface area (Å²) < 4.78 is 0. The molecule has 0 saturated carbocycles. The molecule has 0 aliphatic heterocycles. The fourth-order valence-corrected chi connectivity index (χ4v) is 1.31. The van der Waals surface area contributed by atoms with Crippen LogP contribution in [0.3, 0.4) is 0 Å². The Morgan fingerprint density at radius 1 is 1.43 bits per heavy atom. The zero-order chi connectivity index (χ0) is 9.97. The van der Waals surface area contributed by atoms with Gasteiger partial charge in [-0.15, -0.1) is 0 Å². The van der Waals surface area contributed by atoms with E-state index in [0.29, 0.717) is 5.95 Å². The highest BCUT2D eigenvalue weighted by atomic mass is 15.1. The smallest absolute Gasteiger partial charge is 0.222 e. The van der Waals surface area contributed by atoms with Crippen molar-refractivity contribution in [2.75, 3.05) is 12.4 Å². The van der Waals surface area contributed by atoms with E-state index in [0.717, 1.165) is 17.0 Å². The number of nitrogens with zero attached hydrogens (tertiary/aromatic N) is 2. The van der Waals surface area contributed by atoms with Gasteiger partial charge in [0.2, 0.25) is 5.95 Å². The summed E-state index contributed by atoms with van der Waals surface area (Å²) in [6, 6.07) is 3.95. The van der Waals surface area contributed by atoms with Gasteiger partial charge in [-0.05, 0) is 24.6 Å². The van der Waals surface area contributed by atoms with Gasteiger partial charge in [-0.3, -0.25) is 0 Å². The molecular weight excluding hydrogens is 176 g/mol. The lowest BCUT2D eigenvalue weighted by Crippen LogP contribution is -1.99. The van der Waals surface area contributed by atoms with Crippen molar-refractivity contribution in [1.82, 2.24) is 15.0 Å². The second kappa shape index (κ2) is 3.49. The van der Waals surface area contributed by atoms with E-state index in [1.165, 1.54) is 0 Å². The van der Waals surface area contributed by atoms with Crippen molar-refractivity contribution in [3.8, 4) is 11.4 Å². The molecule has 2 rings (SSSR count). The average Bonchev–Trinajstić information content (AvgIpc) is 2.71. The molecule has 2 N–H and O–H groups in total. The Kier molecular flexibility index (Phi) is 2.18. The van der Waals surface area contributed by atoms with Gasteiger partial charge in [-0.2, -0.15) is 0 Å². The predicted molar refractivity (Wildman–Crippen MR) is 56.1 cm³/mol. The highest BCUT2D eigenvalue weighted by Crippen LogP contribution is 2.19. The maximum Gasteiger partial charge on any atom is 0.222 e. The van der Waals surface area contributed by atoms with Crippen molar-refractivity contribution in [3.63, 3.8) is 0 Å². The van der Waals surface area contributed by atoms with Gasteiger partial charge in [-0.25, -0.2) is 9.97 Å². The lowest BCUT2D eigenvalue weighted by molar-refractivity contribution is 1.11. The van der Waals surface area contributed by atoms with Crippen LogP contribution in [-0.4, -0.2) is 22.0 Å². The number of anilines is 1. The summed E-state index contributed by atoms with van der Waals surface area (Å²) in [4.78, 5) is 11.6. The third-order valence-electron chi connectivity index (χ3n) is 2.05. The fourth-order valence-electron chi connectivity index (χ4n) is 1.31. The summed E-state index contributed by atoms with van der Waals surface area (Å²) in [5.41, 5.74) is 3.02. The van der Waals surface area contributed by atoms with E-state index in [9.17, 15) is 0 Å². The summed E-state index contributed by atoms with van der Waals surface area (Å²) in [6.45, 7) is 2.00. The van der Waals surface area contributed by atoms with E-state index >= 15 is 0 Å². The van der Waals surface area contributed by atoms with Gasteiger partial charge >= 0.3 is 0 Å². The lowest BCUT2D eigenvalue weighted by atomic mass is 10.2. The highest BCUT2D eigenvalue weighted by Gasteiger charge is 2.05. The van der Waals surface area contributed by atoms with E-state index in [1.807, 2.05) is 38.5 Å². The number of rotatable bonds is 2. The minimum Gasteiger partial charge on any atom is -0.360 e. The maximum atomic E-state index is 4.38. The first-order valence-electron chi connectivity index (χ1n) is 4.46. The SMILES string of the molecule is CNc1ncc(C)c(-c2ccc[nH]2)n1. The predicted octanol–water partition coefficient (Wildman–Crippen LogP) is 1.82. The number of aryl methyl sites for hydroxylation is 1. The first-order valence-corrected chi connectivity index (χ1v) is 4.46. The van der Waals surface area contributed by atoms with Gasteiger partial charge in [0, 0.05) is 19.4 Å². The van der Waals surface area contributed by atoms with Crippen LogP contribution >= 0.6 is 0 Å². The second-order valence-electron chi connectivity index (χ2n) is 3.06. The topological polar surface area (TPSA) is 53.6 Å². The third-order valence-corrected chi connectivity index (χ3v) is 2.05. The average molecular weight is 188 g/mol. The molecule has 14 heavy (non-hydrogen) atoms. The molecule has 4 heteroatoms. The third kappa shape index (κ3) is 1.46. The van der Waals surface area contributed by atoms with Crippen molar-refractivity contribution in [2.24, 2.45) is 0 Å². The Hall–Kier alpha value is -1.84. The molecule has 4 nitrogen and oxygen atoms in total. The van der Waals surface area contributed by atoms with Gasteiger partial charge in [0.1, 0.15) is 0 Å². The van der Waals surface area contributed by atoms with Gasteiger partial charge < -0.3 is 10.3 Å². The monoisotopic (exact) mass is 188 g/mol. The fraction of sp³-hybridized carbons (Fsp3) is 0.200. The zero-order valence-corrected chi connectivity index (χ0v) is 8.20. The zero-order valence-electron chi connectivity index (χ0n) is 8.20. The van der Waals surface area contributed by atoms with Crippen LogP contribution in [0, 0.1) is 6.92 Å². The number of hydrogen-bond donors (Lipinski definition) is 2. The molecule has 0 spiro atoms. The quantitative estimate of drug-likeness (QED) is 0.755. The minimum absolute atomic E-state index is 0.639. The molecule has 0 aliphatic rings. The highest BCUT2D eigenvalue weighted by molar-refractivity contribution is 5.59. The molecule has 0 bridgehead atoms. The minimum atomic E-state index is 0.639. The maximum absolute atomic E-state index is 4.38. The number of aromatic nitrogens is 3. The van der Waals surface area contributed by atoms with E-state index in [-0.39, 0.29) is 0 Å². The van der Waals surface area contributed by atoms with E-state index in [4.69, 9.17) is 0 Å². The molecule has 2 aromatic heterocycles. The summed E-state index contributed by atoms with van der Waals surface area (Å²) in [5, 5.41) is 2.92. The largest absolute Gasteiger partial charge is 0.360 e. The molecule has 0 fully saturated rings. The van der Waals surface area contributed by atoms with Gasteiger partial charge in [0.15, 0.2) is 0 Å². The molecule has 0 amide bonds. The van der Waals surface area contributed by atoms with Crippen LogP contribution in [0.1, 0.15) is 5.56 Å². The normalized spacial score (nSPS) is 10.1. The van der Waals surface area contributed by atoms with Crippen LogP contribution in [0.25, 0.3) is 11.4 Å². The molecule has 2 heterocycles. The van der Waals surface area contributed by atoms with Crippen LogP contribution in [0.5, 0.6) is 0 Å². The Balaban J connectivity index is 2.51. The Labute approximate surface area is 82.4 Å². The first-order chi connectivity index (χ1) is 6.81. The van der Waals surface area contributed by atoms with Crippen molar-refractivity contribution in [3.05, 3.63) is 30.1 Å². The lowest BCUT2D eigenvalue weighted by Gasteiger charge is -2.04. The number of aromatic amines is 1. The molecule has 0 unspecified atom stereocenters. The van der Waals surface area contributed by atoms with E-state index in [1.54, 1.807) is 0 Å². The van der Waals surface area contributed by atoms with Gasteiger partial charge in [0.05, 0.1) is 11.4 Å². The first kappa shape index (κ1) is 8.74. The number of nitrogens with one attached hydrogen (secondary N) is 2. The molecule has 2 aromatic rings. The van der Waals surface area contributed by atoms with E-state index in [2.05, 4.69) is 20.3 Å². The molecular formula is C10H12N4. The number of H-pyrrole nitrogens is 1. The van der Waals surface area contributed by atoms with Crippen molar-refractivity contribution in [2.45, 2.75) is 6.92 Å². The van der Waals surface area contributed by atoms with Crippen LogP contribution < -0.4 is 5.32 Å². The molecule has 0 radical (unpaired) electrons. The molecule has 0 atom stereocenters. The number of hydrogen-bond acceptors (Lipinski definition) is 3. The summed E-state index contributed by atoms with van der Waals surface area (Å²) in [5.74, 6) is 0.639. The van der Waals surface area contributed by atoms with Gasteiger partial charge in [-0.1, -0.05) is 0 Å². The van der Waals surface area contributed by atoms with Crippen molar-refractivity contribution < 1.29 is 0 Å². The summed E-state index contributed by atoms with van der Waals surface area (Å²) in [6.07, 6.45) is 3.70. The Morgan fingerprint density at radius 2 is 2.29 bits per heavy atom. The molecule has 72 valence electrons. The van der Waals surface area contributed by atoms with Crippen molar-refractivity contribution in [1.29, 1.82) is 0 Å². The van der Waals surface area contributed by atoms with E-state index < -0.39 is 0 Å². The van der Waals surface area contributed by atoms with Crippen LogP contribution in [0.15, 0.2) is 24.5 Å². The molecule has 0 saturated heterocycles.